The van der Waals surface area contributed by atoms with Gasteiger partial charge in [-0.2, -0.15) is 0 Å². The molecule has 0 N–H and O–H groups in total. The maximum Gasteiger partial charge on any atom is 0.227 e. The van der Waals surface area contributed by atoms with Crippen LogP contribution in [0.3, 0.4) is 0 Å². The van der Waals surface area contributed by atoms with Crippen molar-refractivity contribution >= 4 is 11.8 Å². The average Bonchev–Trinajstić information content (AvgIpc) is 2.61. The van der Waals surface area contributed by atoms with Crippen molar-refractivity contribution in [1.29, 1.82) is 0 Å². The molecule has 2 amide bonds. The average molecular weight is 334 g/mol. The number of nitrogens with zero attached hydrogens (tertiary/aromatic N) is 2. The first kappa shape index (κ1) is 16.9. The smallest absolute Gasteiger partial charge is 0.227 e. The Morgan fingerprint density at radius 2 is 2.08 bits per heavy atom. The molecule has 0 spiro atoms. The lowest BCUT2D eigenvalue weighted by Gasteiger charge is -2.36. The summed E-state index contributed by atoms with van der Waals surface area (Å²) in [5, 5.41) is 0. The van der Waals surface area contributed by atoms with Gasteiger partial charge in [-0.25, -0.2) is 4.39 Å². The van der Waals surface area contributed by atoms with Gasteiger partial charge in [0, 0.05) is 32.6 Å². The molecule has 0 unspecified atom stereocenters. The lowest BCUT2D eigenvalue weighted by molar-refractivity contribution is -0.145. The van der Waals surface area contributed by atoms with Crippen LogP contribution < -0.4 is 0 Å². The van der Waals surface area contributed by atoms with Crippen molar-refractivity contribution in [3.8, 4) is 0 Å². The summed E-state index contributed by atoms with van der Waals surface area (Å²) >= 11 is 0. The fourth-order valence-corrected chi connectivity index (χ4v) is 3.33. The van der Waals surface area contributed by atoms with Crippen LogP contribution in [0, 0.1) is 11.7 Å². The predicted molar refractivity (Wildman–Crippen MR) is 86.8 cm³/mol. The highest BCUT2D eigenvalue weighted by Gasteiger charge is 2.33. The van der Waals surface area contributed by atoms with Crippen molar-refractivity contribution < 1.29 is 18.7 Å². The normalized spacial score (nSPS) is 21.9. The van der Waals surface area contributed by atoms with Gasteiger partial charge >= 0.3 is 0 Å². The van der Waals surface area contributed by atoms with E-state index in [2.05, 4.69) is 0 Å². The number of amides is 2. The molecular weight excluding hydrogens is 311 g/mol. The third-order valence-corrected chi connectivity index (χ3v) is 4.73. The number of hydrogen-bond donors (Lipinski definition) is 0. The molecule has 1 aromatic carbocycles. The molecule has 0 saturated carbocycles. The topological polar surface area (TPSA) is 49.9 Å². The summed E-state index contributed by atoms with van der Waals surface area (Å²) in [4.78, 5) is 28.3. The summed E-state index contributed by atoms with van der Waals surface area (Å²) in [6, 6.07) is 6.43. The number of ether oxygens (including phenoxy) is 1. The Hall–Kier alpha value is -1.95. The van der Waals surface area contributed by atoms with E-state index in [9.17, 15) is 14.0 Å². The molecule has 0 aromatic heterocycles. The lowest BCUT2D eigenvalue weighted by Crippen LogP contribution is -2.50. The third kappa shape index (κ3) is 4.12. The van der Waals surface area contributed by atoms with Gasteiger partial charge in [-0.15, -0.1) is 0 Å². The maximum absolute atomic E-state index is 13.2. The molecule has 130 valence electrons. The van der Waals surface area contributed by atoms with Crippen molar-refractivity contribution in [3.05, 3.63) is 35.6 Å². The molecule has 0 bridgehead atoms. The maximum atomic E-state index is 13.2. The number of piperidine rings is 1. The zero-order chi connectivity index (χ0) is 16.9. The van der Waals surface area contributed by atoms with E-state index in [-0.39, 0.29) is 23.5 Å². The summed E-state index contributed by atoms with van der Waals surface area (Å²) in [6.45, 7) is 3.42. The first-order valence-corrected chi connectivity index (χ1v) is 8.52. The monoisotopic (exact) mass is 334 g/mol. The Kier molecular flexibility index (Phi) is 5.45. The van der Waals surface area contributed by atoms with Gasteiger partial charge in [0.05, 0.1) is 19.1 Å². The Bertz CT molecular complexity index is 602. The first-order valence-electron chi connectivity index (χ1n) is 8.52. The number of hydrogen-bond acceptors (Lipinski definition) is 3. The first-order chi connectivity index (χ1) is 11.6. The second-order valence-electron chi connectivity index (χ2n) is 6.39. The molecule has 5 nitrogen and oxygen atoms in total. The summed E-state index contributed by atoms with van der Waals surface area (Å²) in [5.74, 6) is -0.190. The minimum Gasteiger partial charge on any atom is -0.378 e. The van der Waals surface area contributed by atoms with E-state index in [4.69, 9.17) is 4.74 Å². The zero-order valence-electron chi connectivity index (χ0n) is 13.7. The number of rotatable bonds is 4. The van der Waals surface area contributed by atoms with Crippen LogP contribution in [0.5, 0.6) is 0 Å². The molecular formula is C18H23FN2O3. The van der Waals surface area contributed by atoms with Crippen LogP contribution in [-0.4, -0.2) is 61.0 Å². The summed E-state index contributed by atoms with van der Waals surface area (Å²) < 4.78 is 18.5. The Morgan fingerprint density at radius 1 is 1.29 bits per heavy atom. The van der Waals surface area contributed by atoms with Crippen LogP contribution in [0.25, 0.3) is 0 Å². The quantitative estimate of drug-likeness (QED) is 0.838. The molecule has 0 aliphatic carbocycles. The lowest BCUT2D eigenvalue weighted by atomic mass is 9.95. The van der Waals surface area contributed by atoms with E-state index in [0.717, 1.165) is 5.56 Å². The van der Waals surface area contributed by atoms with Crippen molar-refractivity contribution in [2.45, 2.75) is 19.3 Å². The predicted octanol–water partition coefficient (Wildman–Crippen LogP) is 1.47. The second kappa shape index (κ2) is 7.75. The van der Waals surface area contributed by atoms with Crippen molar-refractivity contribution in [1.82, 2.24) is 9.80 Å². The number of morpholine rings is 1. The molecule has 2 aliphatic rings. The SMILES string of the molecule is O=C1CC[C@H](C(=O)N2CCOCC2)CN1CCc1cccc(F)c1. The van der Waals surface area contributed by atoms with E-state index >= 15 is 0 Å². The van der Waals surface area contributed by atoms with Crippen LogP contribution in [-0.2, 0) is 20.7 Å². The fraction of sp³-hybridized carbons (Fsp3) is 0.556. The van der Waals surface area contributed by atoms with E-state index in [0.29, 0.717) is 58.7 Å². The van der Waals surface area contributed by atoms with Gasteiger partial charge in [0.15, 0.2) is 0 Å². The van der Waals surface area contributed by atoms with Gasteiger partial charge in [-0.3, -0.25) is 9.59 Å². The minimum atomic E-state index is -0.266. The second-order valence-corrected chi connectivity index (χ2v) is 6.39. The standard InChI is InChI=1S/C18H23FN2O3/c19-16-3-1-2-14(12-16)6-7-21-13-15(4-5-17(21)22)18(23)20-8-10-24-11-9-20/h1-3,12,15H,4-11,13H2/t15-/m0/s1. The van der Waals surface area contributed by atoms with Crippen molar-refractivity contribution in [2.75, 3.05) is 39.4 Å². The highest BCUT2D eigenvalue weighted by atomic mass is 19.1. The summed E-state index contributed by atoms with van der Waals surface area (Å²) in [6.07, 6.45) is 1.62. The molecule has 24 heavy (non-hydrogen) atoms. The van der Waals surface area contributed by atoms with E-state index in [1.165, 1.54) is 12.1 Å². The molecule has 2 saturated heterocycles. The number of carbonyl (C=O) groups is 2. The van der Waals surface area contributed by atoms with E-state index in [1.54, 1.807) is 11.0 Å². The van der Waals surface area contributed by atoms with Crippen LogP contribution in [0.15, 0.2) is 24.3 Å². The van der Waals surface area contributed by atoms with E-state index in [1.807, 2.05) is 11.0 Å². The molecule has 2 aliphatic heterocycles. The van der Waals surface area contributed by atoms with Gasteiger partial charge in [-0.05, 0) is 30.5 Å². The van der Waals surface area contributed by atoms with Crippen LogP contribution in [0.2, 0.25) is 0 Å². The highest BCUT2D eigenvalue weighted by molar-refractivity contribution is 5.84. The molecule has 0 radical (unpaired) electrons. The van der Waals surface area contributed by atoms with Gasteiger partial charge in [0.1, 0.15) is 5.82 Å². The van der Waals surface area contributed by atoms with Crippen LogP contribution in [0.4, 0.5) is 4.39 Å². The molecule has 6 heteroatoms. The van der Waals surface area contributed by atoms with Gasteiger partial charge < -0.3 is 14.5 Å². The number of benzene rings is 1. The highest BCUT2D eigenvalue weighted by Crippen LogP contribution is 2.21. The molecule has 1 atom stereocenters. The Morgan fingerprint density at radius 3 is 2.83 bits per heavy atom. The zero-order valence-corrected chi connectivity index (χ0v) is 13.7. The van der Waals surface area contributed by atoms with Crippen molar-refractivity contribution in [2.24, 2.45) is 5.92 Å². The summed E-state index contributed by atoms with van der Waals surface area (Å²) in [5.41, 5.74) is 0.865. The van der Waals surface area contributed by atoms with Crippen molar-refractivity contribution in [3.63, 3.8) is 0 Å². The molecule has 2 fully saturated rings. The third-order valence-electron chi connectivity index (χ3n) is 4.73. The summed E-state index contributed by atoms with van der Waals surface area (Å²) in [7, 11) is 0. The van der Waals surface area contributed by atoms with Gasteiger partial charge in [0.25, 0.3) is 0 Å². The number of carbonyl (C=O) groups excluding carboxylic acids is 2. The van der Waals surface area contributed by atoms with Gasteiger partial charge in [0.2, 0.25) is 11.8 Å². The number of halogens is 1. The number of likely N-dealkylation sites (tertiary alicyclic amines) is 1. The Labute approximate surface area is 141 Å². The fourth-order valence-electron chi connectivity index (χ4n) is 3.33. The molecule has 1 aromatic rings. The van der Waals surface area contributed by atoms with Crippen LogP contribution >= 0.6 is 0 Å². The van der Waals surface area contributed by atoms with E-state index < -0.39 is 0 Å². The largest absolute Gasteiger partial charge is 0.378 e. The minimum absolute atomic E-state index is 0.0810. The molecule has 2 heterocycles. The Balaban J connectivity index is 1.56. The molecule has 3 rings (SSSR count). The van der Waals surface area contributed by atoms with Gasteiger partial charge in [-0.1, -0.05) is 12.1 Å². The van der Waals surface area contributed by atoms with Crippen LogP contribution in [0.1, 0.15) is 18.4 Å².